The topological polar surface area (TPSA) is 30.5 Å². The zero-order valence-electron chi connectivity index (χ0n) is 12.9. The molecule has 3 nitrogen and oxygen atoms in total. The molecule has 3 heteroatoms. The Hall–Kier alpha value is -0.900. The van der Waals surface area contributed by atoms with Gasteiger partial charge in [-0.15, -0.1) is 0 Å². The average molecular weight is 277 g/mol. The highest BCUT2D eigenvalue weighted by Gasteiger charge is 2.24. The predicted octanol–water partition coefficient (Wildman–Crippen LogP) is 2.63. The molecule has 0 saturated carbocycles. The minimum absolute atomic E-state index is 0.163. The fraction of sp³-hybridized carbons (Fsp3) is 0.647. The number of hydrogen-bond donors (Lipinski definition) is 1. The Morgan fingerprint density at radius 2 is 1.95 bits per heavy atom. The van der Waals surface area contributed by atoms with E-state index in [4.69, 9.17) is 9.47 Å². The molecule has 1 saturated heterocycles. The highest BCUT2D eigenvalue weighted by Crippen LogP contribution is 2.15. The number of aryl methyl sites for hydroxylation is 2. The fourth-order valence-electron chi connectivity index (χ4n) is 2.84. The van der Waals surface area contributed by atoms with Gasteiger partial charge in [-0.05, 0) is 38.8 Å². The first kappa shape index (κ1) is 15.5. The van der Waals surface area contributed by atoms with Crippen LogP contribution in [0.5, 0.6) is 0 Å². The molecule has 0 amide bonds. The monoisotopic (exact) mass is 277 g/mol. The van der Waals surface area contributed by atoms with E-state index in [1.807, 2.05) is 0 Å². The highest BCUT2D eigenvalue weighted by atomic mass is 16.6. The molecule has 0 aliphatic carbocycles. The Morgan fingerprint density at radius 1 is 1.20 bits per heavy atom. The van der Waals surface area contributed by atoms with Crippen molar-refractivity contribution >= 4 is 0 Å². The number of rotatable bonds is 6. The lowest BCUT2D eigenvalue weighted by Crippen LogP contribution is -2.48. The molecule has 1 N–H and O–H groups in total. The van der Waals surface area contributed by atoms with Gasteiger partial charge in [-0.1, -0.05) is 36.2 Å². The van der Waals surface area contributed by atoms with Crippen molar-refractivity contribution in [1.82, 2.24) is 5.32 Å². The molecule has 0 bridgehead atoms. The van der Waals surface area contributed by atoms with Crippen LogP contribution in [0.25, 0.3) is 0 Å². The van der Waals surface area contributed by atoms with E-state index in [2.05, 4.69) is 44.3 Å². The summed E-state index contributed by atoms with van der Waals surface area (Å²) in [6, 6.07) is 7.10. The summed E-state index contributed by atoms with van der Waals surface area (Å²) in [6.45, 7) is 9.67. The molecule has 1 aromatic rings. The predicted molar refractivity (Wildman–Crippen MR) is 82.3 cm³/mol. The maximum atomic E-state index is 5.88. The van der Waals surface area contributed by atoms with Crippen molar-refractivity contribution in [1.29, 1.82) is 0 Å². The third-order valence-corrected chi connectivity index (χ3v) is 3.68. The Balaban J connectivity index is 2.05. The van der Waals surface area contributed by atoms with Gasteiger partial charge in [-0.3, -0.25) is 0 Å². The molecule has 1 aliphatic rings. The van der Waals surface area contributed by atoms with Crippen LogP contribution in [0.2, 0.25) is 0 Å². The second-order valence-corrected chi connectivity index (χ2v) is 5.74. The van der Waals surface area contributed by atoms with E-state index in [1.54, 1.807) is 0 Å². The van der Waals surface area contributed by atoms with Gasteiger partial charge in [-0.2, -0.15) is 0 Å². The van der Waals surface area contributed by atoms with Crippen LogP contribution in [0.1, 0.15) is 30.0 Å². The lowest BCUT2D eigenvalue weighted by Gasteiger charge is -2.31. The van der Waals surface area contributed by atoms with Gasteiger partial charge in [0.2, 0.25) is 0 Å². The number of benzene rings is 1. The van der Waals surface area contributed by atoms with E-state index in [0.29, 0.717) is 19.3 Å². The largest absolute Gasteiger partial charge is 0.376 e. The third-order valence-electron chi connectivity index (χ3n) is 3.68. The second kappa shape index (κ2) is 7.77. The lowest BCUT2D eigenvalue weighted by molar-refractivity contribution is -0.101. The van der Waals surface area contributed by atoms with Gasteiger partial charge in [0.25, 0.3) is 0 Å². The van der Waals surface area contributed by atoms with Crippen LogP contribution in [0.3, 0.4) is 0 Å². The lowest BCUT2D eigenvalue weighted by atomic mass is 9.98. The van der Waals surface area contributed by atoms with Crippen LogP contribution < -0.4 is 5.32 Å². The van der Waals surface area contributed by atoms with E-state index in [-0.39, 0.29) is 6.10 Å². The van der Waals surface area contributed by atoms with E-state index in [1.165, 1.54) is 16.7 Å². The zero-order valence-corrected chi connectivity index (χ0v) is 12.9. The number of nitrogens with one attached hydrogen (secondary N) is 1. The summed E-state index contributed by atoms with van der Waals surface area (Å²) < 4.78 is 11.4. The van der Waals surface area contributed by atoms with Gasteiger partial charge in [0.1, 0.15) is 0 Å². The van der Waals surface area contributed by atoms with Gasteiger partial charge in [0, 0.05) is 6.04 Å². The van der Waals surface area contributed by atoms with Crippen molar-refractivity contribution in [3.63, 3.8) is 0 Å². The summed E-state index contributed by atoms with van der Waals surface area (Å²) >= 11 is 0. The first-order valence-electron chi connectivity index (χ1n) is 7.69. The van der Waals surface area contributed by atoms with Crippen LogP contribution in [0.15, 0.2) is 18.2 Å². The second-order valence-electron chi connectivity index (χ2n) is 5.74. The van der Waals surface area contributed by atoms with E-state index < -0.39 is 0 Å². The molecular weight excluding hydrogens is 250 g/mol. The number of ether oxygens (including phenoxy) is 2. The molecular formula is C17H27NO2. The maximum Gasteiger partial charge on any atom is 0.0965 e. The Morgan fingerprint density at radius 3 is 2.55 bits per heavy atom. The van der Waals surface area contributed by atoms with Gasteiger partial charge < -0.3 is 14.8 Å². The number of hydrogen-bond acceptors (Lipinski definition) is 3. The maximum absolute atomic E-state index is 5.88. The van der Waals surface area contributed by atoms with E-state index >= 15 is 0 Å². The van der Waals surface area contributed by atoms with Crippen LogP contribution in [0, 0.1) is 13.8 Å². The smallest absolute Gasteiger partial charge is 0.0965 e. The Labute approximate surface area is 122 Å². The van der Waals surface area contributed by atoms with Crippen LogP contribution in [0.4, 0.5) is 0 Å². The Kier molecular flexibility index (Phi) is 6.02. The van der Waals surface area contributed by atoms with E-state index in [9.17, 15) is 0 Å². The molecule has 112 valence electrons. The van der Waals surface area contributed by atoms with Gasteiger partial charge in [0.15, 0.2) is 0 Å². The Bertz CT molecular complexity index is 393. The van der Waals surface area contributed by atoms with Gasteiger partial charge in [0.05, 0.1) is 25.9 Å². The highest BCUT2D eigenvalue weighted by molar-refractivity contribution is 5.29. The summed E-state index contributed by atoms with van der Waals surface area (Å²) in [5.41, 5.74) is 4.04. The van der Waals surface area contributed by atoms with Crippen molar-refractivity contribution in [2.75, 3.05) is 26.4 Å². The standard InChI is InChI=1S/C17H27NO2/c1-4-5-18-16(17-12-19-6-7-20-17)11-15-9-13(2)8-14(3)10-15/h8-10,16-18H,4-7,11-12H2,1-3H3. The molecule has 2 unspecified atom stereocenters. The fourth-order valence-corrected chi connectivity index (χ4v) is 2.84. The first-order chi connectivity index (χ1) is 9.69. The molecule has 0 aromatic heterocycles. The molecule has 0 spiro atoms. The molecule has 1 heterocycles. The van der Waals surface area contributed by atoms with Crippen molar-refractivity contribution in [3.05, 3.63) is 34.9 Å². The summed E-state index contributed by atoms with van der Waals surface area (Å²) in [4.78, 5) is 0. The van der Waals surface area contributed by atoms with Crippen LogP contribution >= 0.6 is 0 Å². The summed E-state index contributed by atoms with van der Waals surface area (Å²) in [6.07, 6.45) is 2.30. The van der Waals surface area contributed by atoms with Crippen molar-refractivity contribution < 1.29 is 9.47 Å². The quantitative estimate of drug-likeness (QED) is 0.867. The zero-order chi connectivity index (χ0) is 14.4. The summed E-state index contributed by atoms with van der Waals surface area (Å²) in [7, 11) is 0. The van der Waals surface area contributed by atoms with Crippen molar-refractivity contribution in [2.45, 2.75) is 45.8 Å². The SMILES string of the molecule is CCCNC(Cc1cc(C)cc(C)c1)C1COCCO1. The van der Waals surface area contributed by atoms with Crippen molar-refractivity contribution in [3.8, 4) is 0 Å². The molecule has 1 fully saturated rings. The minimum Gasteiger partial charge on any atom is -0.376 e. The molecule has 2 rings (SSSR count). The van der Waals surface area contributed by atoms with Gasteiger partial charge in [-0.25, -0.2) is 0 Å². The third kappa shape index (κ3) is 4.58. The normalized spacial score (nSPS) is 20.9. The molecule has 2 atom stereocenters. The molecule has 0 radical (unpaired) electrons. The molecule has 1 aromatic carbocycles. The minimum atomic E-state index is 0.163. The average Bonchev–Trinajstić information content (AvgIpc) is 2.43. The summed E-state index contributed by atoms with van der Waals surface area (Å²) in [5.74, 6) is 0. The van der Waals surface area contributed by atoms with Gasteiger partial charge >= 0.3 is 0 Å². The summed E-state index contributed by atoms with van der Waals surface area (Å²) in [5, 5.41) is 3.62. The van der Waals surface area contributed by atoms with E-state index in [0.717, 1.165) is 26.0 Å². The molecule has 1 aliphatic heterocycles. The van der Waals surface area contributed by atoms with Crippen molar-refractivity contribution in [2.24, 2.45) is 0 Å². The van der Waals surface area contributed by atoms with Crippen LogP contribution in [-0.2, 0) is 15.9 Å². The molecule has 20 heavy (non-hydrogen) atoms. The first-order valence-corrected chi connectivity index (χ1v) is 7.69. The van der Waals surface area contributed by atoms with Crippen LogP contribution in [-0.4, -0.2) is 38.5 Å².